The van der Waals surface area contributed by atoms with Crippen molar-refractivity contribution in [3.63, 3.8) is 0 Å². The van der Waals surface area contributed by atoms with Crippen molar-refractivity contribution in [2.45, 2.75) is 33.1 Å². The summed E-state index contributed by atoms with van der Waals surface area (Å²) in [5.41, 5.74) is 6.30. The summed E-state index contributed by atoms with van der Waals surface area (Å²) < 4.78 is 4.92. The van der Waals surface area contributed by atoms with E-state index in [1.165, 1.54) is 11.3 Å². The summed E-state index contributed by atoms with van der Waals surface area (Å²) in [6.45, 7) is 4.32. The van der Waals surface area contributed by atoms with Gasteiger partial charge >= 0.3 is 5.97 Å². The summed E-state index contributed by atoms with van der Waals surface area (Å²) in [6, 6.07) is 1.88. The first-order valence-electron chi connectivity index (χ1n) is 5.24. The van der Waals surface area contributed by atoms with Crippen LogP contribution in [0.3, 0.4) is 0 Å². The van der Waals surface area contributed by atoms with E-state index < -0.39 is 0 Å². The molecule has 84 valence electrons. The van der Waals surface area contributed by atoms with Crippen molar-refractivity contribution in [3.8, 4) is 0 Å². The summed E-state index contributed by atoms with van der Waals surface area (Å²) in [6.07, 6.45) is 3.26. The SMILES string of the molecule is CCCCc1cc(N)c(C(=O)OCC)s1. The molecule has 0 radical (unpaired) electrons. The maximum absolute atomic E-state index is 11.5. The summed E-state index contributed by atoms with van der Waals surface area (Å²) in [5.74, 6) is -0.303. The zero-order valence-corrected chi connectivity index (χ0v) is 10.0. The van der Waals surface area contributed by atoms with Gasteiger partial charge in [-0.25, -0.2) is 4.79 Å². The van der Waals surface area contributed by atoms with Gasteiger partial charge in [0.05, 0.1) is 12.3 Å². The summed E-state index contributed by atoms with van der Waals surface area (Å²) in [5, 5.41) is 0. The first-order valence-corrected chi connectivity index (χ1v) is 6.06. The highest BCUT2D eigenvalue weighted by Gasteiger charge is 2.14. The first kappa shape index (κ1) is 12.0. The third kappa shape index (κ3) is 3.23. The highest BCUT2D eigenvalue weighted by molar-refractivity contribution is 7.14. The average Bonchev–Trinajstić information content (AvgIpc) is 2.57. The molecule has 0 aliphatic rings. The van der Waals surface area contributed by atoms with Crippen LogP contribution < -0.4 is 5.73 Å². The molecule has 0 aromatic carbocycles. The predicted octanol–water partition coefficient (Wildman–Crippen LogP) is 2.85. The van der Waals surface area contributed by atoms with Gasteiger partial charge in [0.1, 0.15) is 4.88 Å². The number of esters is 1. The third-order valence-corrected chi connectivity index (χ3v) is 3.24. The quantitative estimate of drug-likeness (QED) is 0.787. The van der Waals surface area contributed by atoms with Gasteiger partial charge in [0.25, 0.3) is 0 Å². The highest BCUT2D eigenvalue weighted by Crippen LogP contribution is 2.26. The lowest BCUT2D eigenvalue weighted by molar-refractivity contribution is 0.0533. The van der Waals surface area contributed by atoms with Crippen molar-refractivity contribution in [1.82, 2.24) is 0 Å². The molecule has 2 N–H and O–H groups in total. The fourth-order valence-corrected chi connectivity index (χ4v) is 2.30. The van der Waals surface area contributed by atoms with Crippen LogP contribution in [-0.2, 0) is 11.2 Å². The van der Waals surface area contributed by atoms with E-state index in [0.717, 1.165) is 24.1 Å². The minimum atomic E-state index is -0.303. The zero-order valence-electron chi connectivity index (χ0n) is 9.21. The first-order chi connectivity index (χ1) is 7.19. The minimum Gasteiger partial charge on any atom is -0.462 e. The highest BCUT2D eigenvalue weighted by atomic mass is 32.1. The molecule has 0 saturated carbocycles. The van der Waals surface area contributed by atoms with Crippen LogP contribution in [0.1, 0.15) is 41.2 Å². The molecule has 0 amide bonds. The number of hydrogen-bond donors (Lipinski definition) is 1. The van der Waals surface area contributed by atoms with Crippen LogP contribution in [0.15, 0.2) is 6.07 Å². The Balaban J connectivity index is 2.72. The topological polar surface area (TPSA) is 52.3 Å². The monoisotopic (exact) mass is 227 g/mol. The lowest BCUT2D eigenvalue weighted by Gasteiger charge is -1.98. The van der Waals surface area contributed by atoms with Gasteiger partial charge in [0, 0.05) is 4.88 Å². The lowest BCUT2D eigenvalue weighted by atomic mass is 10.2. The fraction of sp³-hybridized carbons (Fsp3) is 0.545. The normalized spacial score (nSPS) is 10.3. The van der Waals surface area contributed by atoms with Crippen LogP contribution in [0.5, 0.6) is 0 Å². The molecule has 0 aliphatic heterocycles. The van der Waals surface area contributed by atoms with E-state index in [0.29, 0.717) is 17.2 Å². The maximum Gasteiger partial charge on any atom is 0.350 e. The predicted molar refractivity (Wildman–Crippen MR) is 63.3 cm³/mol. The Bertz CT molecular complexity index is 333. The second kappa shape index (κ2) is 5.75. The van der Waals surface area contributed by atoms with E-state index in [4.69, 9.17) is 10.5 Å². The van der Waals surface area contributed by atoms with Gasteiger partial charge in [0.2, 0.25) is 0 Å². The number of aryl methyl sites for hydroxylation is 1. The van der Waals surface area contributed by atoms with Crippen molar-refractivity contribution >= 4 is 23.0 Å². The Kier molecular flexibility index (Phi) is 4.62. The van der Waals surface area contributed by atoms with Gasteiger partial charge in [-0.1, -0.05) is 13.3 Å². The minimum absolute atomic E-state index is 0.303. The molecule has 1 rings (SSSR count). The molecule has 4 heteroatoms. The van der Waals surface area contributed by atoms with E-state index in [2.05, 4.69) is 6.92 Å². The van der Waals surface area contributed by atoms with Crippen molar-refractivity contribution in [1.29, 1.82) is 0 Å². The maximum atomic E-state index is 11.5. The Morgan fingerprint density at radius 3 is 2.87 bits per heavy atom. The molecular formula is C11H17NO2S. The van der Waals surface area contributed by atoms with Gasteiger partial charge in [-0.15, -0.1) is 11.3 Å². The number of ether oxygens (including phenoxy) is 1. The van der Waals surface area contributed by atoms with Crippen LogP contribution in [-0.4, -0.2) is 12.6 Å². The number of carbonyl (C=O) groups is 1. The molecule has 1 aromatic rings. The molecule has 3 nitrogen and oxygen atoms in total. The lowest BCUT2D eigenvalue weighted by Crippen LogP contribution is -2.04. The van der Waals surface area contributed by atoms with Crippen molar-refractivity contribution in [3.05, 3.63) is 15.8 Å². The number of anilines is 1. The number of hydrogen-bond acceptors (Lipinski definition) is 4. The molecule has 0 saturated heterocycles. The second-order valence-corrected chi connectivity index (χ2v) is 4.46. The molecule has 0 spiro atoms. The van der Waals surface area contributed by atoms with Gasteiger partial charge in [-0.2, -0.15) is 0 Å². The molecule has 0 fully saturated rings. The molecule has 0 unspecified atom stereocenters. The van der Waals surface area contributed by atoms with Crippen molar-refractivity contribution in [2.75, 3.05) is 12.3 Å². The molecule has 1 heterocycles. The Hall–Kier alpha value is -1.03. The third-order valence-electron chi connectivity index (χ3n) is 2.05. The molecular weight excluding hydrogens is 210 g/mol. The molecule has 1 aromatic heterocycles. The smallest absolute Gasteiger partial charge is 0.350 e. The number of thiophene rings is 1. The summed E-state index contributed by atoms with van der Waals surface area (Å²) in [7, 11) is 0. The van der Waals surface area contributed by atoms with Crippen LogP contribution in [0, 0.1) is 0 Å². The van der Waals surface area contributed by atoms with Crippen LogP contribution in [0.2, 0.25) is 0 Å². The van der Waals surface area contributed by atoms with Crippen LogP contribution in [0.4, 0.5) is 5.69 Å². The van der Waals surface area contributed by atoms with Crippen LogP contribution >= 0.6 is 11.3 Å². The van der Waals surface area contributed by atoms with E-state index in [1.807, 2.05) is 6.07 Å². The number of carbonyl (C=O) groups excluding carboxylic acids is 1. The summed E-state index contributed by atoms with van der Waals surface area (Å²) in [4.78, 5) is 13.2. The second-order valence-electron chi connectivity index (χ2n) is 3.32. The fourth-order valence-electron chi connectivity index (χ4n) is 1.29. The van der Waals surface area contributed by atoms with Gasteiger partial charge < -0.3 is 10.5 Å². The Morgan fingerprint density at radius 2 is 2.27 bits per heavy atom. The van der Waals surface area contributed by atoms with Gasteiger partial charge in [-0.05, 0) is 25.8 Å². The largest absolute Gasteiger partial charge is 0.462 e. The van der Waals surface area contributed by atoms with E-state index in [-0.39, 0.29) is 5.97 Å². The van der Waals surface area contributed by atoms with E-state index in [1.54, 1.807) is 6.92 Å². The number of unbranched alkanes of at least 4 members (excludes halogenated alkanes) is 1. The summed E-state index contributed by atoms with van der Waals surface area (Å²) >= 11 is 1.45. The molecule has 15 heavy (non-hydrogen) atoms. The van der Waals surface area contributed by atoms with E-state index >= 15 is 0 Å². The van der Waals surface area contributed by atoms with Gasteiger partial charge in [-0.3, -0.25) is 0 Å². The zero-order chi connectivity index (χ0) is 11.3. The number of nitrogen functional groups attached to an aromatic ring is 1. The Labute approximate surface area is 94.2 Å². The van der Waals surface area contributed by atoms with Gasteiger partial charge in [0.15, 0.2) is 0 Å². The number of rotatable bonds is 5. The molecule has 0 bridgehead atoms. The molecule has 0 atom stereocenters. The van der Waals surface area contributed by atoms with E-state index in [9.17, 15) is 4.79 Å². The van der Waals surface area contributed by atoms with Crippen LogP contribution in [0.25, 0.3) is 0 Å². The van der Waals surface area contributed by atoms with Crippen molar-refractivity contribution in [2.24, 2.45) is 0 Å². The number of nitrogens with two attached hydrogens (primary N) is 1. The Morgan fingerprint density at radius 1 is 1.53 bits per heavy atom. The standard InChI is InChI=1S/C11H17NO2S/c1-3-5-6-8-7-9(12)10(15-8)11(13)14-4-2/h7H,3-6,12H2,1-2H3. The van der Waals surface area contributed by atoms with Crippen molar-refractivity contribution < 1.29 is 9.53 Å². The molecule has 0 aliphatic carbocycles. The average molecular weight is 227 g/mol.